The molecule has 0 bridgehead atoms. The summed E-state index contributed by atoms with van der Waals surface area (Å²) >= 11 is 0. The van der Waals surface area contributed by atoms with E-state index in [4.69, 9.17) is 0 Å². The van der Waals surface area contributed by atoms with Gasteiger partial charge in [-0.1, -0.05) is 54.6 Å². The van der Waals surface area contributed by atoms with E-state index >= 15 is 0 Å². The maximum Gasteiger partial charge on any atom is 0.255 e. The molecule has 1 N–H and O–H groups in total. The van der Waals surface area contributed by atoms with Gasteiger partial charge in [0.25, 0.3) is 5.56 Å². The van der Waals surface area contributed by atoms with Crippen LogP contribution >= 0.6 is 0 Å². The molecule has 0 fully saturated rings. The van der Waals surface area contributed by atoms with E-state index in [1.165, 1.54) is 10.8 Å². The number of hydrogen-bond donors (Lipinski definition) is 1. The van der Waals surface area contributed by atoms with Crippen LogP contribution in [0.25, 0.3) is 32.7 Å². The molecule has 0 unspecified atom stereocenters. The Balaban J connectivity index is 2.04. The maximum absolute atomic E-state index is 11.9. The van der Waals surface area contributed by atoms with Gasteiger partial charge in [-0.25, -0.2) is 0 Å². The zero-order valence-electron chi connectivity index (χ0n) is 11.3. The second kappa shape index (κ2) is 4.60. The average Bonchev–Trinajstić information content (AvgIpc) is 2.55. The Kier molecular flexibility index (Phi) is 2.61. The van der Waals surface area contributed by atoms with Crippen LogP contribution in [0.5, 0.6) is 0 Å². The fraction of sp³-hybridized carbons (Fsp3) is 0. The van der Waals surface area contributed by atoms with Gasteiger partial charge >= 0.3 is 0 Å². The highest BCUT2D eigenvalue weighted by atomic mass is 16.1. The number of hydrogen-bond acceptors (Lipinski definition) is 1. The molecule has 4 rings (SSSR count). The van der Waals surface area contributed by atoms with Gasteiger partial charge in [0.2, 0.25) is 0 Å². The number of H-pyrrole nitrogens is 1. The van der Waals surface area contributed by atoms with Gasteiger partial charge in [-0.15, -0.1) is 0 Å². The molecule has 0 amide bonds. The third-order valence-electron chi connectivity index (χ3n) is 3.87. The van der Waals surface area contributed by atoms with E-state index in [2.05, 4.69) is 35.3 Å². The van der Waals surface area contributed by atoms with Crippen LogP contribution in [0.15, 0.2) is 77.7 Å². The van der Waals surface area contributed by atoms with Crippen LogP contribution in [0.2, 0.25) is 0 Å². The summed E-state index contributed by atoms with van der Waals surface area (Å²) in [5.74, 6) is 0. The summed E-state index contributed by atoms with van der Waals surface area (Å²) in [6.45, 7) is 0. The molecule has 1 heterocycles. The van der Waals surface area contributed by atoms with Gasteiger partial charge in [-0.2, -0.15) is 0 Å². The third kappa shape index (κ3) is 1.93. The molecule has 0 radical (unpaired) electrons. The molecule has 0 saturated heterocycles. The highest BCUT2D eigenvalue weighted by Gasteiger charge is 2.06. The smallest absolute Gasteiger partial charge is 0.255 e. The number of benzene rings is 3. The Morgan fingerprint density at radius 1 is 0.714 bits per heavy atom. The Labute approximate surface area is 121 Å². The van der Waals surface area contributed by atoms with Crippen LogP contribution in [0.1, 0.15) is 0 Å². The van der Waals surface area contributed by atoms with Crippen molar-refractivity contribution in [3.63, 3.8) is 0 Å². The van der Waals surface area contributed by atoms with Crippen LogP contribution in [0.3, 0.4) is 0 Å². The lowest BCUT2D eigenvalue weighted by Gasteiger charge is -2.07. The van der Waals surface area contributed by atoms with E-state index in [0.717, 1.165) is 21.9 Å². The van der Waals surface area contributed by atoms with Crippen molar-refractivity contribution in [3.8, 4) is 11.1 Å². The van der Waals surface area contributed by atoms with E-state index in [1.807, 2.05) is 36.4 Å². The lowest BCUT2D eigenvalue weighted by Crippen LogP contribution is -2.05. The molecule has 0 aliphatic heterocycles. The van der Waals surface area contributed by atoms with Crippen LogP contribution in [-0.4, -0.2) is 4.98 Å². The lowest BCUT2D eigenvalue weighted by atomic mass is 9.98. The van der Waals surface area contributed by atoms with Crippen LogP contribution in [0, 0.1) is 0 Å². The van der Waals surface area contributed by atoms with Gasteiger partial charge < -0.3 is 4.98 Å². The topological polar surface area (TPSA) is 32.9 Å². The van der Waals surface area contributed by atoms with Crippen LogP contribution < -0.4 is 5.56 Å². The minimum atomic E-state index is -0.0462. The first-order valence-electron chi connectivity index (χ1n) is 6.92. The van der Waals surface area contributed by atoms with Gasteiger partial charge in [0.15, 0.2) is 0 Å². The molecule has 3 aromatic carbocycles. The summed E-state index contributed by atoms with van der Waals surface area (Å²) < 4.78 is 0. The first-order chi connectivity index (χ1) is 10.3. The van der Waals surface area contributed by atoms with Crippen molar-refractivity contribution in [2.24, 2.45) is 0 Å². The summed E-state index contributed by atoms with van der Waals surface area (Å²) in [6, 6.07) is 22.4. The molecule has 21 heavy (non-hydrogen) atoms. The highest BCUT2D eigenvalue weighted by Crippen LogP contribution is 2.28. The molecule has 2 heteroatoms. The van der Waals surface area contributed by atoms with E-state index in [-0.39, 0.29) is 5.56 Å². The van der Waals surface area contributed by atoms with Crippen molar-refractivity contribution < 1.29 is 0 Å². The van der Waals surface area contributed by atoms with Crippen LogP contribution in [-0.2, 0) is 0 Å². The quantitative estimate of drug-likeness (QED) is 0.548. The third-order valence-corrected chi connectivity index (χ3v) is 3.87. The van der Waals surface area contributed by atoms with Crippen LogP contribution in [0.4, 0.5) is 0 Å². The van der Waals surface area contributed by atoms with Crippen molar-refractivity contribution in [1.82, 2.24) is 4.98 Å². The van der Waals surface area contributed by atoms with Crippen molar-refractivity contribution in [2.45, 2.75) is 0 Å². The molecule has 0 spiro atoms. The molecule has 4 aromatic rings. The molecule has 0 saturated carbocycles. The SMILES string of the molecule is O=c1[nH]cc(-c2ccc3ccccc3c2)c2ccccc12. The Morgan fingerprint density at radius 3 is 2.29 bits per heavy atom. The van der Waals surface area contributed by atoms with Gasteiger partial charge in [-0.05, 0) is 33.9 Å². The fourth-order valence-electron chi connectivity index (χ4n) is 2.80. The van der Waals surface area contributed by atoms with Crippen molar-refractivity contribution in [1.29, 1.82) is 0 Å². The zero-order chi connectivity index (χ0) is 14.2. The monoisotopic (exact) mass is 271 g/mol. The summed E-state index contributed by atoms with van der Waals surface area (Å²) in [7, 11) is 0. The largest absolute Gasteiger partial charge is 0.328 e. The zero-order valence-corrected chi connectivity index (χ0v) is 11.3. The summed E-state index contributed by atoms with van der Waals surface area (Å²) in [4.78, 5) is 14.8. The van der Waals surface area contributed by atoms with E-state index in [1.54, 1.807) is 6.20 Å². The summed E-state index contributed by atoms with van der Waals surface area (Å²) in [5.41, 5.74) is 2.12. The van der Waals surface area contributed by atoms with Crippen molar-refractivity contribution in [2.75, 3.05) is 0 Å². The Bertz CT molecular complexity index is 1010. The number of aromatic amines is 1. The molecule has 0 aliphatic rings. The molecule has 0 aliphatic carbocycles. The molecule has 2 nitrogen and oxygen atoms in total. The van der Waals surface area contributed by atoms with Gasteiger partial charge in [0, 0.05) is 17.1 Å². The first-order valence-corrected chi connectivity index (χ1v) is 6.92. The first kappa shape index (κ1) is 11.9. The predicted octanol–water partition coefficient (Wildman–Crippen LogP) is 4.35. The predicted molar refractivity (Wildman–Crippen MR) is 87.5 cm³/mol. The highest BCUT2D eigenvalue weighted by molar-refractivity contribution is 5.98. The molecule has 100 valence electrons. The average molecular weight is 271 g/mol. The minimum absolute atomic E-state index is 0.0462. The Morgan fingerprint density at radius 2 is 1.43 bits per heavy atom. The second-order valence-electron chi connectivity index (χ2n) is 5.14. The number of nitrogens with one attached hydrogen (secondary N) is 1. The number of pyridine rings is 1. The number of aromatic nitrogens is 1. The number of rotatable bonds is 1. The van der Waals surface area contributed by atoms with Crippen molar-refractivity contribution in [3.05, 3.63) is 83.3 Å². The fourth-order valence-corrected chi connectivity index (χ4v) is 2.80. The molecule has 1 aromatic heterocycles. The van der Waals surface area contributed by atoms with Gasteiger partial charge in [0.05, 0.1) is 0 Å². The van der Waals surface area contributed by atoms with Gasteiger partial charge in [-0.3, -0.25) is 4.79 Å². The number of fused-ring (bicyclic) bond motifs is 2. The standard InChI is InChI=1S/C19H13NO/c21-19-17-8-4-3-7-16(17)18(12-20-19)15-10-9-13-5-1-2-6-14(13)11-15/h1-12H,(H,20,21). The second-order valence-corrected chi connectivity index (χ2v) is 5.14. The van der Waals surface area contributed by atoms with E-state index in [0.29, 0.717) is 0 Å². The molecular weight excluding hydrogens is 258 g/mol. The van der Waals surface area contributed by atoms with E-state index in [9.17, 15) is 4.79 Å². The molecule has 0 atom stereocenters. The lowest BCUT2D eigenvalue weighted by molar-refractivity contribution is 1.28. The van der Waals surface area contributed by atoms with Crippen molar-refractivity contribution >= 4 is 21.5 Å². The molecular formula is C19H13NO. The normalized spacial score (nSPS) is 11.0. The Hall–Kier alpha value is -2.87. The minimum Gasteiger partial charge on any atom is -0.328 e. The van der Waals surface area contributed by atoms with E-state index < -0.39 is 0 Å². The van der Waals surface area contributed by atoms with Gasteiger partial charge in [0.1, 0.15) is 0 Å². The summed E-state index contributed by atoms with van der Waals surface area (Å²) in [6.07, 6.45) is 1.80. The summed E-state index contributed by atoms with van der Waals surface area (Å²) in [5, 5.41) is 4.12. The maximum atomic E-state index is 11.9.